The van der Waals surface area contributed by atoms with E-state index >= 15 is 0 Å². The molecule has 442 valence electrons. The Morgan fingerprint density at radius 1 is 0.442 bits per heavy atom. The van der Waals surface area contributed by atoms with Gasteiger partial charge in [0.25, 0.3) is 0 Å². The van der Waals surface area contributed by atoms with Crippen LogP contribution in [0.1, 0.15) is 265 Å². The van der Waals surface area contributed by atoms with Crippen molar-refractivity contribution < 1.29 is 58.2 Å². The van der Waals surface area contributed by atoms with E-state index in [2.05, 4.69) is 87.6 Å². The van der Waals surface area contributed by atoms with E-state index in [1.807, 2.05) is 6.08 Å². The van der Waals surface area contributed by atoms with Gasteiger partial charge >= 0.3 is 23.9 Å². The minimum Gasteiger partial charge on any atom is -0.479 e. The molecule has 1 saturated heterocycles. The number of allylic oxidation sites excluding steroid dienone is 12. The fourth-order valence-corrected chi connectivity index (χ4v) is 9.05. The molecule has 3 N–H and O–H groups in total. The van der Waals surface area contributed by atoms with Crippen LogP contribution in [0.15, 0.2) is 72.9 Å². The summed E-state index contributed by atoms with van der Waals surface area (Å²) in [6, 6.07) is 0. The second-order valence-corrected chi connectivity index (χ2v) is 21.0. The van der Waals surface area contributed by atoms with Crippen LogP contribution in [0, 0.1) is 0 Å². The molecule has 0 bridgehead atoms. The molecule has 0 aromatic carbocycles. The van der Waals surface area contributed by atoms with E-state index in [-0.39, 0.29) is 25.9 Å². The summed E-state index contributed by atoms with van der Waals surface area (Å²) in [7, 11) is 0. The molecule has 0 aliphatic carbocycles. The summed E-state index contributed by atoms with van der Waals surface area (Å²) in [5.74, 6) is -3.20. The molecule has 0 aromatic heterocycles. The van der Waals surface area contributed by atoms with Gasteiger partial charge in [-0.15, -0.1) is 0 Å². The zero-order valence-electron chi connectivity index (χ0n) is 48.7. The maximum atomic E-state index is 13.2. The van der Waals surface area contributed by atoms with Gasteiger partial charge in [0.05, 0.1) is 6.61 Å². The normalized spacial score (nSPS) is 18.5. The number of esters is 3. The number of unbranched alkanes of at least 4 members (excludes halogenated alkanes) is 26. The number of hydrogen-bond donors (Lipinski definition) is 3. The number of carboxylic acids is 1. The number of carbonyl (C=O) groups excluding carboxylic acids is 3. The fraction of sp³-hybridized carbons (Fsp3) is 0.754. The van der Waals surface area contributed by atoms with Crippen molar-refractivity contribution in [2.75, 3.05) is 13.2 Å². The second kappa shape index (κ2) is 52.8. The Labute approximate surface area is 468 Å². The lowest BCUT2D eigenvalue weighted by molar-refractivity contribution is -0.301. The van der Waals surface area contributed by atoms with Crippen LogP contribution in [0.3, 0.4) is 0 Å². The molecule has 1 heterocycles. The molecular weight excluding hydrogens is 973 g/mol. The maximum absolute atomic E-state index is 13.2. The van der Waals surface area contributed by atoms with Crippen molar-refractivity contribution in [1.29, 1.82) is 0 Å². The lowest BCUT2D eigenvalue weighted by atomic mass is 9.98. The summed E-state index contributed by atoms with van der Waals surface area (Å²) >= 11 is 0. The first-order valence-electron chi connectivity index (χ1n) is 30.9. The Bertz CT molecular complexity index is 1620. The highest BCUT2D eigenvalue weighted by Crippen LogP contribution is 2.26. The van der Waals surface area contributed by atoms with Gasteiger partial charge < -0.3 is 39.0 Å². The van der Waals surface area contributed by atoms with Gasteiger partial charge in [0, 0.05) is 19.3 Å². The molecule has 6 atom stereocenters. The number of carbonyl (C=O) groups is 4. The molecule has 1 rings (SSSR count). The first-order valence-corrected chi connectivity index (χ1v) is 30.9. The average molecular weight is 1080 g/mol. The zero-order chi connectivity index (χ0) is 56.1. The first-order chi connectivity index (χ1) is 37.6. The minimum absolute atomic E-state index is 0.0444. The smallest absolute Gasteiger partial charge is 0.335 e. The van der Waals surface area contributed by atoms with Crippen molar-refractivity contribution >= 4 is 23.9 Å². The SMILES string of the molecule is CC/C=C\C/C=C\C/C=C\C/C=C\C/C=C\CCCC(=O)OCC(COC1OC(C(=O)O)C(O)C(O)C1OC(=O)CCCCCCC/C=C\CCCCCC)OC(=O)CCCCCCCCCCCCCCCCCCC. The molecular formula is C65H110O12. The number of aliphatic carboxylic acids is 1. The largest absolute Gasteiger partial charge is 0.479 e. The van der Waals surface area contributed by atoms with Gasteiger partial charge in [-0.3, -0.25) is 14.4 Å². The van der Waals surface area contributed by atoms with Gasteiger partial charge in [0.15, 0.2) is 24.6 Å². The van der Waals surface area contributed by atoms with E-state index in [1.54, 1.807) is 0 Å². The van der Waals surface area contributed by atoms with Gasteiger partial charge in [0.2, 0.25) is 0 Å². The van der Waals surface area contributed by atoms with E-state index in [0.717, 1.165) is 89.9 Å². The maximum Gasteiger partial charge on any atom is 0.335 e. The summed E-state index contributed by atoms with van der Waals surface area (Å²) in [5, 5.41) is 31.5. The Kier molecular flexibility index (Phi) is 48.8. The Morgan fingerprint density at radius 2 is 0.831 bits per heavy atom. The quantitative estimate of drug-likeness (QED) is 0.0228. The van der Waals surface area contributed by atoms with Crippen LogP contribution in [-0.2, 0) is 42.9 Å². The van der Waals surface area contributed by atoms with Crippen LogP contribution in [0.25, 0.3) is 0 Å². The van der Waals surface area contributed by atoms with Gasteiger partial charge in [-0.05, 0) is 83.5 Å². The predicted molar refractivity (Wildman–Crippen MR) is 312 cm³/mol. The Morgan fingerprint density at radius 3 is 1.31 bits per heavy atom. The third-order valence-corrected chi connectivity index (χ3v) is 13.8. The van der Waals surface area contributed by atoms with Crippen LogP contribution in [-0.4, -0.2) is 89.2 Å². The molecule has 6 unspecified atom stereocenters. The van der Waals surface area contributed by atoms with E-state index in [9.17, 15) is 34.5 Å². The van der Waals surface area contributed by atoms with E-state index in [1.165, 1.54) is 109 Å². The average Bonchev–Trinajstić information content (AvgIpc) is 3.42. The zero-order valence-corrected chi connectivity index (χ0v) is 48.7. The van der Waals surface area contributed by atoms with Crippen molar-refractivity contribution in [1.82, 2.24) is 0 Å². The molecule has 12 heteroatoms. The van der Waals surface area contributed by atoms with Crippen LogP contribution in [0.2, 0.25) is 0 Å². The van der Waals surface area contributed by atoms with Crippen molar-refractivity contribution in [2.45, 2.75) is 302 Å². The summed E-state index contributed by atoms with van der Waals surface area (Å²) in [6.45, 7) is 5.83. The van der Waals surface area contributed by atoms with E-state index in [4.69, 9.17) is 23.7 Å². The van der Waals surface area contributed by atoms with E-state index in [0.29, 0.717) is 25.7 Å². The van der Waals surface area contributed by atoms with Gasteiger partial charge in [0.1, 0.15) is 18.8 Å². The standard InChI is InChI=1S/C65H110O12/c1-4-7-10-13-16-19-22-25-27-29-31-34-36-39-42-45-48-51-57(66)73-54-56(75-58(67)52-49-46-43-40-38-35-32-30-28-26-23-20-17-14-11-8-5-2)55-74-65-63(61(70)60(69)62(77-65)64(71)72)76-59(68)53-50-47-44-41-37-33-24-21-18-15-12-9-6-3/h7,10,16,19,21,24-25,27,31,34,39,42,56,60-63,65,69-70H,4-6,8-9,11-15,17-18,20,22-23,26,28-30,32-33,35-38,40-41,43-55H2,1-3H3,(H,71,72)/b10-7-,19-16-,24-21-,27-25-,34-31-,42-39-. The van der Waals surface area contributed by atoms with E-state index < -0.39 is 67.3 Å². The molecule has 1 fully saturated rings. The Balaban J connectivity index is 2.71. The third-order valence-electron chi connectivity index (χ3n) is 13.8. The Hall–Kier alpha value is -3.84. The summed E-state index contributed by atoms with van der Waals surface area (Å²) in [4.78, 5) is 51.2. The predicted octanol–water partition coefficient (Wildman–Crippen LogP) is 16.1. The molecule has 77 heavy (non-hydrogen) atoms. The number of aliphatic hydroxyl groups excluding tert-OH is 2. The van der Waals surface area contributed by atoms with Crippen LogP contribution in [0.4, 0.5) is 0 Å². The highest BCUT2D eigenvalue weighted by Gasteiger charge is 2.50. The third kappa shape index (κ3) is 42.7. The lowest BCUT2D eigenvalue weighted by Gasteiger charge is -2.40. The molecule has 1 aliphatic heterocycles. The molecule has 0 saturated carbocycles. The number of aliphatic hydroxyl groups is 2. The van der Waals surface area contributed by atoms with Crippen LogP contribution < -0.4 is 0 Å². The molecule has 0 aromatic rings. The lowest BCUT2D eigenvalue weighted by Crippen LogP contribution is -2.61. The van der Waals surface area contributed by atoms with Crippen molar-refractivity contribution in [2.24, 2.45) is 0 Å². The first kappa shape index (κ1) is 71.2. The molecule has 0 amide bonds. The van der Waals surface area contributed by atoms with Crippen molar-refractivity contribution in [3.63, 3.8) is 0 Å². The highest BCUT2D eigenvalue weighted by atomic mass is 16.7. The minimum atomic E-state index is -1.91. The molecule has 12 nitrogen and oxygen atoms in total. The van der Waals surface area contributed by atoms with Gasteiger partial charge in [-0.25, -0.2) is 4.79 Å². The highest BCUT2D eigenvalue weighted by molar-refractivity contribution is 5.74. The topological polar surface area (TPSA) is 175 Å². The van der Waals surface area contributed by atoms with Gasteiger partial charge in [-0.1, -0.05) is 235 Å². The van der Waals surface area contributed by atoms with Crippen molar-refractivity contribution in [3.8, 4) is 0 Å². The molecule has 0 spiro atoms. The van der Waals surface area contributed by atoms with Crippen molar-refractivity contribution in [3.05, 3.63) is 72.9 Å². The van der Waals surface area contributed by atoms with Crippen LogP contribution >= 0.6 is 0 Å². The number of ether oxygens (including phenoxy) is 5. The van der Waals surface area contributed by atoms with Gasteiger partial charge in [-0.2, -0.15) is 0 Å². The monoisotopic (exact) mass is 1080 g/mol. The number of rotatable bonds is 52. The summed E-state index contributed by atoms with van der Waals surface area (Å²) in [6.07, 6.45) is 54.5. The number of hydrogen-bond acceptors (Lipinski definition) is 11. The summed E-state index contributed by atoms with van der Waals surface area (Å²) in [5.41, 5.74) is 0. The molecule has 1 aliphatic rings. The van der Waals surface area contributed by atoms with Crippen LogP contribution in [0.5, 0.6) is 0 Å². The summed E-state index contributed by atoms with van der Waals surface area (Å²) < 4.78 is 28.4. The number of carboxylic acid groups (broad SMARTS) is 1. The molecule has 0 radical (unpaired) electrons. The second-order valence-electron chi connectivity index (χ2n) is 21.0. The fourth-order valence-electron chi connectivity index (χ4n) is 9.05.